The summed E-state index contributed by atoms with van der Waals surface area (Å²) in [5.74, 6) is 1.44. The minimum Gasteiger partial charge on any atom is -0.453 e. The molecule has 13 heteroatoms. The average molecular weight is 546 g/mol. The Morgan fingerprint density at radius 2 is 1.97 bits per heavy atom. The van der Waals surface area contributed by atoms with Gasteiger partial charge in [0.1, 0.15) is 12.1 Å². The molecule has 0 bridgehead atoms. The normalized spacial score (nSPS) is 18.0. The Hall–Kier alpha value is -2.87. The van der Waals surface area contributed by atoms with Crippen molar-refractivity contribution in [2.45, 2.75) is 42.9 Å². The van der Waals surface area contributed by atoms with Gasteiger partial charge in [0, 0.05) is 44.2 Å². The van der Waals surface area contributed by atoms with Gasteiger partial charge in [0.05, 0.1) is 18.3 Å². The lowest BCUT2D eigenvalue weighted by Crippen LogP contribution is -2.50. The Balaban J connectivity index is 1.19. The zero-order valence-electron chi connectivity index (χ0n) is 21.1. The predicted molar refractivity (Wildman–Crippen MR) is 143 cm³/mol. The molecule has 3 aromatic rings. The van der Waals surface area contributed by atoms with Crippen molar-refractivity contribution < 1.29 is 17.9 Å². The number of carbonyl (C=O) groups is 1. The van der Waals surface area contributed by atoms with Crippen molar-refractivity contribution in [2.24, 2.45) is 0 Å². The third-order valence-electron chi connectivity index (χ3n) is 6.68. The van der Waals surface area contributed by atoms with E-state index in [4.69, 9.17) is 0 Å². The summed E-state index contributed by atoms with van der Waals surface area (Å²) < 4.78 is 32.7. The number of methoxy groups -OCH3 is 1. The molecule has 37 heavy (non-hydrogen) atoms. The molecule has 1 saturated heterocycles. The van der Waals surface area contributed by atoms with Crippen LogP contribution in [0.2, 0.25) is 0 Å². The van der Waals surface area contributed by atoms with Crippen molar-refractivity contribution >= 4 is 49.3 Å². The van der Waals surface area contributed by atoms with Crippen LogP contribution in [0, 0.1) is 6.92 Å². The largest absolute Gasteiger partial charge is 0.453 e. The highest BCUT2D eigenvalue weighted by atomic mass is 32.2. The lowest BCUT2D eigenvalue weighted by atomic mass is 10.1. The topological polar surface area (TPSA) is 130 Å². The van der Waals surface area contributed by atoms with E-state index in [1.807, 2.05) is 0 Å². The molecule has 5 rings (SSSR count). The lowest BCUT2D eigenvalue weighted by Gasteiger charge is -2.35. The highest BCUT2D eigenvalue weighted by Gasteiger charge is 2.32. The second kappa shape index (κ2) is 10.5. The predicted octanol–water partition coefficient (Wildman–Crippen LogP) is 3.26. The van der Waals surface area contributed by atoms with Gasteiger partial charge in [-0.3, -0.25) is 10.2 Å². The van der Waals surface area contributed by atoms with Crippen molar-refractivity contribution in [2.75, 3.05) is 50.5 Å². The van der Waals surface area contributed by atoms with E-state index >= 15 is 0 Å². The van der Waals surface area contributed by atoms with Crippen LogP contribution in [0.15, 0.2) is 28.7 Å². The first-order valence-electron chi connectivity index (χ1n) is 12.3. The first kappa shape index (κ1) is 25.8. The summed E-state index contributed by atoms with van der Waals surface area (Å²) in [6, 6.07) is 6.42. The number of fused-ring (bicyclic) bond motifs is 1. The number of piperazine rings is 1. The Morgan fingerprint density at radius 3 is 2.68 bits per heavy atom. The maximum atomic E-state index is 13.3. The summed E-state index contributed by atoms with van der Waals surface area (Å²) in [4.78, 5) is 26.9. The van der Waals surface area contributed by atoms with Gasteiger partial charge >= 0.3 is 6.09 Å². The number of sulfonamides is 1. The second-order valence-corrected chi connectivity index (χ2v) is 12.6. The molecule has 0 radical (unpaired) electrons. The monoisotopic (exact) mass is 545 g/mol. The molecule has 2 aromatic heterocycles. The fraction of sp³-hybridized carbons (Fsp3) is 0.500. The number of nitrogens with one attached hydrogen (secondary N) is 2. The van der Waals surface area contributed by atoms with Crippen LogP contribution in [0.3, 0.4) is 0 Å². The number of nitrogens with zero attached hydrogens (tertiary/aromatic N) is 5. The first-order valence-corrected chi connectivity index (χ1v) is 14.6. The number of hydrogen-bond donors (Lipinski definition) is 2. The molecular weight excluding hydrogens is 514 g/mol. The summed E-state index contributed by atoms with van der Waals surface area (Å²) in [6.07, 6.45) is 3.38. The Kier molecular flexibility index (Phi) is 7.30. The van der Waals surface area contributed by atoms with Crippen molar-refractivity contribution in [3.05, 3.63) is 35.8 Å². The summed E-state index contributed by atoms with van der Waals surface area (Å²) in [6.45, 7) is 6.49. The highest BCUT2D eigenvalue weighted by Crippen LogP contribution is 2.43. The molecule has 2 aliphatic rings. The molecule has 1 amide bonds. The molecule has 2 fully saturated rings. The number of benzene rings is 1. The fourth-order valence-electron chi connectivity index (χ4n) is 4.70. The summed E-state index contributed by atoms with van der Waals surface area (Å²) in [7, 11) is -2.47. The fourth-order valence-corrected chi connectivity index (χ4v) is 7.66. The van der Waals surface area contributed by atoms with Gasteiger partial charge in [-0.05, 0) is 44.2 Å². The molecule has 198 valence electrons. The van der Waals surface area contributed by atoms with Gasteiger partial charge in [0.15, 0.2) is 9.34 Å². The number of thiazole rings is 1. The molecule has 11 nitrogen and oxygen atoms in total. The van der Waals surface area contributed by atoms with Gasteiger partial charge in [-0.2, -0.15) is 4.31 Å². The van der Waals surface area contributed by atoms with Crippen LogP contribution in [0.5, 0.6) is 0 Å². The van der Waals surface area contributed by atoms with Gasteiger partial charge in [-0.25, -0.2) is 28.2 Å². The van der Waals surface area contributed by atoms with Gasteiger partial charge in [-0.15, -0.1) is 0 Å². The third-order valence-corrected chi connectivity index (χ3v) is 10.2. The van der Waals surface area contributed by atoms with Crippen LogP contribution < -0.4 is 10.6 Å². The van der Waals surface area contributed by atoms with Gasteiger partial charge in [0.25, 0.3) is 10.0 Å². The van der Waals surface area contributed by atoms with Crippen molar-refractivity contribution in [3.8, 4) is 0 Å². The molecule has 1 unspecified atom stereocenters. The van der Waals surface area contributed by atoms with Crippen LogP contribution in [0.25, 0.3) is 10.9 Å². The maximum Gasteiger partial charge on any atom is 0.413 e. The van der Waals surface area contributed by atoms with Crippen LogP contribution in [0.4, 0.5) is 15.7 Å². The quantitative estimate of drug-likeness (QED) is 0.438. The molecule has 1 atom stereocenters. The minimum atomic E-state index is -3.71. The van der Waals surface area contributed by atoms with Crippen LogP contribution in [-0.2, 0) is 14.8 Å². The minimum absolute atomic E-state index is 0.113. The Bertz CT molecular complexity index is 1400. The van der Waals surface area contributed by atoms with Crippen LogP contribution in [-0.4, -0.2) is 84.5 Å². The number of amides is 1. The number of carbonyl (C=O) groups excluding carboxylic acids is 1. The molecular formula is C24H31N7O4S2. The van der Waals surface area contributed by atoms with E-state index in [9.17, 15) is 13.2 Å². The number of anilines is 2. The molecule has 1 aliphatic carbocycles. The zero-order chi connectivity index (χ0) is 26.2. The van der Waals surface area contributed by atoms with Gasteiger partial charge in [0.2, 0.25) is 0 Å². The zero-order valence-corrected chi connectivity index (χ0v) is 22.7. The molecule has 0 spiro atoms. The van der Waals surface area contributed by atoms with E-state index < -0.39 is 16.1 Å². The van der Waals surface area contributed by atoms with Crippen molar-refractivity contribution in [3.63, 3.8) is 0 Å². The average Bonchev–Trinajstić information content (AvgIpc) is 3.66. The number of aromatic nitrogens is 3. The number of hydrogen-bond acceptors (Lipinski definition) is 10. The Labute approximate surface area is 220 Å². The summed E-state index contributed by atoms with van der Waals surface area (Å²) in [5.41, 5.74) is 2.69. The number of ether oxygens (including phenoxy) is 1. The molecule has 3 heterocycles. The SMILES string of the molecule is COC(=O)Nc1nc(C)c(S(=O)(=O)N2CCN(CC(C)Nc3ncnc4c(C5CC5)cccc34)CC2)s1. The highest BCUT2D eigenvalue weighted by molar-refractivity contribution is 7.91. The lowest BCUT2D eigenvalue weighted by molar-refractivity contribution is 0.184. The van der Waals surface area contributed by atoms with Crippen molar-refractivity contribution in [1.82, 2.24) is 24.2 Å². The smallest absolute Gasteiger partial charge is 0.413 e. The molecule has 2 N–H and O–H groups in total. The van der Waals surface area contributed by atoms with Gasteiger partial charge in [-0.1, -0.05) is 23.5 Å². The second-order valence-electron chi connectivity index (χ2n) is 9.50. The standard InChI is InChI=1S/C24H31N7O4S2/c1-15(27-21-19-6-4-5-18(17-7-8-17)20(19)25-14-26-21)13-30-9-11-31(12-10-30)37(33,34)22-16(2)28-23(36-22)29-24(32)35-3/h4-6,14-15,17H,7-13H2,1-3H3,(H,25,26,27)(H,28,29,32). The van der Waals surface area contributed by atoms with E-state index in [1.165, 1.54) is 29.8 Å². The van der Waals surface area contributed by atoms with Crippen LogP contribution in [0.1, 0.15) is 36.9 Å². The number of rotatable bonds is 8. The number of para-hydroxylation sites is 1. The van der Waals surface area contributed by atoms with E-state index in [2.05, 4.69) is 60.3 Å². The molecule has 1 aromatic carbocycles. The Morgan fingerprint density at radius 1 is 1.22 bits per heavy atom. The van der Waals surface area contributed by atoms with Crippen LogP contribution >= 0.6 is 11.3 Å². The third kappa shape index (κ3) is 5.54. The maximum absolute atomic E-state index is 13.3. The molecule has 1 saturated carbocycles. The van der Waals surface area contributed by atoms with E-state index in [1.54, 1.807) is 13.3 Å². The first-order chi connectivity index (χ1) is 17.8. The van der Waals surface area contributed by atoms with E-state index in [0.29, 0.717) is 37.8 Å². The summed E-state index contributed by atoms with van der Waals surface area (Å²) in [5, 5.41) is 7.21. The van der Waals surface area contributed by atoms with E-state index in [-0.39, 0.29) is 15.4 Å². The molecule has 1 aliphatic heterocycles. The number of aryl methyl sites for hydroxylation is 1. The van der Waals surface area contributed by atoms with Crippen molar-refractivity contribution in [1.29, 1.82) is 0 Å². The van der Waals surface area contributed by atoms with E-state index in [0.717, 1.165) is 34.6 Å². The van der Waals surface area contributed by atoms with Gasteiger partial charge < -0.3 is 10.1 Å². The summed E-state index contributed by atoms with van der Waals surface area (Å²) >= 11 is 0.936.